The summed E-state index contributed by atoms with van der Waals surface area (Å²) in [6.07, 6.45) is 18.0. The molecule has 0 radical (unpaired) electrons. The molecule has 0 unspecified atom stereocenters. The van der Waals surface area contributed by atoms with Gasteiger partial charge < -0.3 is 0 Å². The highest BCUT2D eigenvalue weighted by Gasteiger charge is 1.95. The van der Waals surface area contributed by atoms with Gasteiger partial charge in [0.05, 0.1) is 9.77 Å². The van der Waals surface area contributed by atoms with Gasteiger partial charge in [0.2, 0.25) is 0 Å². The molecule has 0 N–H and O–H groups in total. The van der Waals surface area contributed by atoms with Gasteiger partial charge in [0.25, 0.3) is 0 Å². The SMILES string of the molecule is CCCCCCCCCCCCn1cc(I)cn1. The summed E-state index contributed by atoms with van der Waals surface area (Å²) < 4.78 is 3.30. The van der Waals surface area contributed by atoms with E-state index in [9.17, 15) is 0 Å². The van der Waals surface area contributed by atoms with Crippen molar-refractivity contribution in [2.75, 3.05) is 0 Å². The molecule has 0 saturated carbocycles. The zero-order chi connectivity index (χ0) is 13.1. The zero-order valence-electron chi connectivity index (χ0n) is 11.7. The lowest BCUT2D eigenvalue weighted by Gasteiger charge is -2.03. The first-order valence-corrected chi connectivity index (χ1v) is 8.58. The second kappa shape index (κ2) is 10.8. The summed E-state index contributed by atoms with van der Waals surface area (Å²) in [7, 11) is 0. The van der Waals surface area contributed by atoms with Crippen LogP contribution in [0.25, 0.3) is 0 Å². The van der Waals surface area contributed by atoms with Crippen molar-refractivity contribution in [2.45, 2.75) is 77.7 Å². The summed E-state index contributed by atoms with van der Waals surface area (Å²) in [5.74, 6) is 0. The monoisotopic (exact) mass is 362 g/mol. The largest absolute Gasteiger partial charge is 0.272 e. The van der Waals surface area contributed by atoms with Crippen molar-refractivity contribution in [3.63, 3.8) is 0 Å². The molecule has 1 aromatic heterocycles. The third-order valence-electron chi connectivity index (χ3n) is 3.34. The molecule has 0 bridgehead atoms. The molecule has 1 rings (SSSR count). The molecule has 0 saturated heterocycles. The Morgan fingerprint density at radius 1 is 0.944 bits per heavy atom. The second-order valence-electron chi connectivity index (χ2n) is 5.10. The summed E-state index contributed by atoms with van der Waals surface area (Å²) in [6.45, 7) is 3.36. The van der Waals surface area contributed by atoms with Gasteiger partial charge in [0.15, 0.2) is 0 Å². The van der Waals surface area contributed by atoms with E-state index in [0.29, 0.717) is 0 Å². The lowest BCUT2D eigenvalue weighted by molar-refractivity contribution is 0.515. The first-order valence-electron chi connectivity index (χ1n) is 7.51. The first kappa shape index (κ1) is 16.0. The van der Waals surface area contributed by atoms with Crippen molar-refractivity contribution in [3.05, 3.63) is 16.0 Å². The quantitative estimate of drug-likeness (QED) is 0.380. The predicted molar refractivity (Wildman–Crippen MR) is 86.8 cm³/mol. The van der Waals surface area contributed by atoms with Gasteiger partial charge in [0.1, 0.15) is 0 Å². The summed E-state index contributed by atoms with van der Waals surface area (Å²) in [4.78, 5) is 0. The van der Waals surface area contributed by atoms with Gasteiger partial charge >= 0.3 is 0 Å². The molecule has 0 aliphatic heterocycles. The molecule has 18 heavy (non-hydrogen) atoms. The van der Waals surface area contributed by atoms with E-state index in [1.165, 1.54) is 67.8 Å². The van der Waals surface area contributed by atoms with Gasteiger partial charge in [-0.1, -0.05) is 64.7 Å². The summed E-state index contributed by atoms with van der Waals surface area (Å²) in [6, 6.07) is 0. The van der Waals surface area contributed by atoms with Crippen LogP contribution in [-0.2, 0) is 6.54 Å². The number of aromatic nitrogens is 2. The Kier molecular flexibility index (Phi) is 9.62. The third kappa shape index (κ3) is 8.11. The van der Waals surface area contributed by atoms with Crippen LogP contribution in [-0.4, -0.2) is 9.78 Å². The molecule has 3 heteroatoms. The van der Waals surface area contributed by atoms with E-state index >= 15 is 0 Å². The molecular weight excluding hydrogens is 335 g/mol. The Morgan fingerprint density at radius 2 is 1.50 bits per heavy atom. The van der Waals surface area contributed by atoms with Crippen LogP contribution in [0.5, 0.6) is 0 Å². The number of hydrogen-bond donors (Lipinski definition) is 0. The molecule has 1 aromatic rings. The minimum atomic E-state index is 1.08. The van der Waals surface area contributed by atoms with E-state index in [-0.39, 0.29) is 0 Å². The lowest BCUT2D eigenvalue weighted by Crippen LogP contribution is -1.97. The highest BCUT2D eigenvalue weighted by molar-refractivity contribution is 14.1. The fraction of sp³-hybridized carbons (Fsp3) is 0.800. The Morgan fingerprint density at radius 3 is 2.00 bits per heavy atom. The molecule has 0 amide bonds. The van der Waals surface area contributed by atoms with Crippen LogP contribution in [0.3, 0.4) is 0 Å². The summed E-state index contributed by atoms with van der Waals surface area (Å²) in [5.41, 5.74) is 0. The van der Waals surface area contributed by atoms with Crippen molar-refractivity contribution in [1.82, 2.24) is 9.78 Å². The van der Waals surface area contributed by atoms with Crippen molar-refractivity contribution in [2.24, 2.45) is 0 Å². The van der Waals surface area contributed by atoms with Crippen LogP contribution < -0.4 is 0 Å². The maximum absolute atomic E-state index is 4.30. The average molecular weight is 362 g/mol. The topological polar surface area (TPSA) is 17.8 Å². The van der Waals surface area contributed by atoms with Crippen LogP contribution in [0, 0.1) is 3.57 Å². The predicted octanol–water partition coefficient (Wildman–Crippen LogP) is 5.41. The van der Waals surface area contributed by atoms with E-state index in [4.69, 9.17) is 0 Å². The Labute approximate surface area is 126 Å². The second-order valence-corrected chi connectivity index (χ2v) is 6.35. The van der Waals surface area contributed by atoms with Gasteiger partial charge in [-0.05, 0) is 29.0 Å². The maximum Gasteiger partial charge on any atom is 0.0623 e. The highest BCUT2D eigenvalue weighted by Crippen LogP contribution is 2.11. The molecule has 2 nitrogen and oxygen atoms in total. The van der Waals surface area contributed by atoms with E-state index in [1.807, 2.05) is 6.20 Å². The van der Waals surface area contributed by atoms with Gasteiger partial charge in [0, 0.05) is 12.7 Å². The molecule has 0 spiro atoms. The maximum atomic E-state index is 4.30. The first-order chi connectivity index (χ1) is 8.83. The third-order valence-corrected chi connectivity index (χ3v) is 3.90. The molecule has 0 aliphatic rings. The Bertz CT molecular complexity index is 296. The standard InChI is InChI=1S/C15H27IN2/c1-2-3-4-5-6-7-8-9-10-11-12-18-14-15(16)13-17-18/h13-14H,2-12H2,1H3. The van der Waals surface area contributed by atoms with Gasteiger partial charge in [-0.3, -0.25) is 4.68 Å². The fourth-order valence-electron chi connectivity index (χ4n) is 2.22. The number of aryl methyl sites for hydroxylation is 1. The van der Waals surface area contributed by atoms with Crippen LogP contribution in [0.4, 0.5) is 0 Å². The van der Waals surface area contributed by atoms with Crippen molar-refractivity contribution in [3.8, 4) is 0 Å². The van der Waals surface area contributed by atoms with E-state index in [1.54, 1.807) is 0 Å². The van der Waals surface area contributed by atoms with Gasteiger partial charge in [-0.25, -0.2) is 0 Å². The minimum Gasteiger partial charge on any atom is -0.272 e. The molecule has 0 aromatic carbocycles. The van der Waals surface area contributed by atoms with Crippen molar-refractivity contribution in [1.29, 1.82) is 0 Å². The van der Waals surface area contributed by atoms with Crippen molar-refractivity contribution >= 4 is 22.6 Å². The molecule has 1 heterocycles. The minimum absolute atomic E-state index is 1.08. The van der Waals surface area contributed by atoms with E-state index in [2.05, 4.69) is 45.5 Å². The molecule has 0 fully saturated rings. The van der Waals surface area contributed by atoms with Crippen LogP contribution >= 0.6 is 22.6 Å². The number of halogens is 1. The fourth-order valence-corrected chi connectivity index (χ4v) is 2.67. The van der Waals surface area contributed by atoms with Crippen LogP contribution in [0.15, 0.2) is 12.4 Å². The zero-order valence-corrected chi connectivity index (χ0v) is 13.9. The van der Waals surface area contributed by atoms with Gasteiger partial charge in [-0.15, -0.1) is 0 Å². The summed E-state index contributed by atoms with van der Waals surface area (Å²) >= 11 is 2.31. The normalized spacial score (nSPS) is 11.0. The van der Waals surface area contributed by atoms with Crippen molar-refractivity contribution < 1.29 is 0 Å². The highest BCUT2D eigenvalue weighted by atomic mass is 127. The van der Waals surface area contributed by atoms with Crippen LogP contribution in [0.2, 0.25) is 0 Å². The number of unbranched alkanes of at least 4 members (excludes halogenated alkanes) is 9. The lowest BCUT2D eigenvalue weighted by atomic mass is 10.1. The van der Waals surface area contributed by atoms with Crippen LogP contribution in [0.1, 0.15) is 71.1 Å². The molecule has 0 aliphatic carbocycles. The molecule has 104 valence electrons. The number of rotatable bonds is 11. The Hall–Kier alpha value is -0.0600. The number of hydrogen-bond acceptors (Lipinski definition) is 1. The molecule has 0 atom stereocenters. The van der Waals surface area contributed by atoms with E-state index < -0.39 is 0 Å². The smallest absolute Gasteiger partial charge is 0.0623 e. The molecular formula is C15H27IN2. The average Bonchev–Trinajstić information content (AvgIpc) is 2.77. The summed E-state index contributed by atoms with van der Waals surface area (Å²) in [5, 5.41) is 4.30. The van der Waals surface area contributed by atoms with Gasteiger partial charge in [-0.2, -0.15) is 5.10 Å². The number of nitrogens with zero attached hydrogens (tertiary/aromatic N) is 2. The Balaban J connectivity index is 1.81. The van der Waals surface area contributed by atoms with E-state index in [0.717, 1.165) is 6.54 Å².